The Morgan fingerprint density at radius 3 is 2.48 bits per heavy atom. The molecule has 0 bridgehead atoms. The summed E-state index contributed by atoms with van der Waals surface area (Å²) < 4.78 is 27.5. The smallest absolute Gasteiger partial charge is 0.243 e. The van der Waals surface area contributed by atoms with Gasteiger partial charge in [0.2, 0.25) is 15.9 Å². The van der Waals surface area contributed by atoms with Gasteiger partial charge >= 0.3 is 0 Å². The lowest BCUT2D eigenvalue weighted by Gasteiger charge is -2.24. The molecule has 27 heavy (non-hydrogen) atoms. The molecule has 1 amide bonds. The van der Waals surface area contributed by atoms with Crippen molar-refractivity contribution in [2.45, 2.75) is 61.4 Å². The summed E-state index contributed by atoms with van der Waals surface area (Å²) in [7, 11) is -3.73. The van der Waals surface area contributed by atoms with Crippen molar-refractivity contribution in [1.82, 2.24) is 9.62 Å². The van der Waals surface area contributed by atoms with Gasteiger partial charge in [-0.05, 0) is 49.0 Å². The molecule has 0 spiro atoms. The highest BCUT2D eigenvalue weighted by molar-refractivity contribution is 7.89. The van der Waals surface area contributed by atoms with Crippen LogP contribution in [0.25, 0.3) is 0 Å². The third-order valence-corrected chi connectivity index (χ3v) is 7.60. The van der Waals surface area contributed by atoms with Gasteiger partial charge in [-0.25, -0.2) is 8.42 Å². The van der Waals surface area contributed by atoms with Gasteiger partial charge in [0, 0.05) is 12.6 Å². The quantitative estimate of drug-likeness (QED) is 0.727. The van der Waals surface area contributed by atoms with Crippen LogP contribution >= 0.6 is 0 Å². The topological polar surface area (TPSA) is 86.7 Å². The number of benzene rings is 1. The Hall–Kier alpha value is -1.70. The summed E-state index contributed by atoms with van der Waals surface area (Å²) in [6.07, 6.45) is 7.61. The zero-order valence-corrected chi connectivity index (χ0v) is 16.3. The first kappa shape index (κ1) is 20.0. The Balaban J connectivity index is 1.76. The van der Waals surface area contributed by atoms with Crippen LogP contribution in [0.5, 0.6) is 0 Å². The third kappa shape index (κ3) is 4.42. The monoisotopic (exact) mass is 392 g/mol. The molecule has 2 aliphatic rings. The van der Waals surface area contributed by atoms with Gasteiger partial charge in [-0.1, -0.05) is 38.0 Å². The SMILES string of the molecule is C=CC(=O)NC1CC(CO)N(S(=O)(=O)c2ccc(C3CCCCC3)cc2)C1. The molecule has 1 saturated heterocycles. The van der Waals surface area contributed by atoms with Gasteiger partial charge in [0.05, 0.1) is 17.5 Å². The number of aliphatic hydroxyl groups is 1. The highest BCUT2D eigenvalue weighted by Gasteiger charge is 2.40. The molecule has 1 saturated carbocycles. The highest BCUT2D eigenvalue weighted by atomic mass is 32.2. The molecule has 2 unspecified atom stereocenters. The van der Waals surface area contributed by atoms with Crippen LogP contribution in [-0.4, -0.2) is 49.0 Å². The molecule has 7 heteroatoms. The Bertz CT molecular complexity index is 770. The second-order valence-electron chi connectivity index (χ2n) is 7.46. The summed E-state index contributed by atoms with van der Waals surface area (Å²) in [6.45, 7) is 3.28. The maximum atomic E-state index is 13.1. The summed E-state index contributed by atoms with van der Waals surface area (Å²) in [5.41, 5.74) is 1.20. The molecule has 0 aromatic heterocycles. The number of nitrogens with one attached hydrogen (secondary N) is 1. The van der Waals surface area contributed by atoms with E-state index in [0.717, 1.165) is 18.9 Å². The van der Waals surface area contributed by atoms with Crippen molar-refractivity contribution < 1.29 is 18.3 Å². The van der Waals surface area contributed by atoms with E-state index in [2.05, 4.69) is 11.9 Å². The standard InChI is InChI=1S/C20H28N2O4S/c1-2-20(24)21-17-12-18(14-23)22(13-17)27(25,26)19-10-8-16(9-11-19)15-6-4-3-5-7-15/h2,8-11,15,17-18,23H,1,3-7,12-14H2,(H,21,24). The lowest BCUT2D eigenvalue weighted by Crippen LogP contribution is -2.39. The van der Waals surface area contributed by atoms with Crippen LogP contribution in [0.15, 0.2) is 41.8 Å². The number of hydrogen-bond donors (Lipinski definition) is 2. The molecule has 1 aromatic carbocycles. The van der Waals surface area contributed by atoms with E-state index in [1.807, 2.05) is 12.1 Å². The average molecular weight is 393 g/mol. The summed E-state index contributed by atoms with van der Waals surface area (Å²) in [6, 6.07) is 6.31. The van der Waals surface area contributed by atoms with E-state index in [-0.39, 0.29) is 30.0 Å². The number of carbonyl (C=O) groups excluding carboxylic acids is 1. The van der Waals surface area contributed by atoms with Crippen molar-refractivity contribution in [3.63, 3.8) is 0 Å². The van der Waals surface area contributed by atoms with Gasteiger partial charge in [-0.3, -0.25) is 4.79 Å². The lowest BCUT2D eigenvalue weighted by atomic mass is 9.84. The summed E-state index contributed by atoms with van der Waals surface area (Å²) >= 11 is 0. The second-order valence-corrected chi connectivity index (χ2v) is 9.35. The number of aliphatic hydroxyl groups excluding tert-OH is 1. The minimum Gasteiger partial charge on any atom is -0.395 e. The number of rotatable bonds is 6. The van der Waals surface area contributed by atoms with Gasteiger partial charge in [-0.2, -0.15) is 4.31 Å². The summed E-state index contributed by atoms with van der Waals surface area (Å²) in [4.78, 5) is 11.7. The van der Waals surface area contributed by atoms with Gasteiger partial charge in [0.1, 0.15) is 0 Å². The van der Waals surface area contributed by atoms with Crippen LogP contribution in [-0.2, 0) is 14.8 Å². The van der Waals surface area contributed by atoms with Crippen LogP contribution in [0.2, 0.25) is 0 Å². The molecular formula is C20H28N2O4S. The highest BCUT2D eigenvalue weighted by Crippen LogP contribution is 2.33. The van der Waals surface area contributed by atoms with Gasteiger partial charge in [0.25, 0.3) is 0 Å². The first-order valence-electron chi connectivity index (χ1n) is 9.61. The first-order valence-corrected chi connectivity index (χ1v) is 11.1. The molecule has 2 atom stereocenters. The van der Waals surface area contributed by atoms with E-state index in [4.69, 9.17) is 0 Å². The third-order valence-electron chi connectivity index (χ3n) is 5.67. The Morgan fingerprint density at radius 2 is 1.89 bits per heavy atom. The van der Waals surface area contributed by atoms with Gasteiger partial charge in [-0.15, -0.1) is 0 Å². The van der Waals surface area contributed by atoms with E-state index < -0.39 is 16.1 Å². The van der Waals surface area contributed by atoms with Crippen LogP contribution in [0, 0.1) is 0 Å². The van der Waals surface area contributed by atoms with Crippen LogP contribution in [0.3, 0.4) is 0 Å². The van der Waals surface area contributed by atoms with Crippen LogP contribution < -0.4 is 5.32 Å². The molecule has 2 fully saturated rings. The van der Waals surface area contributed by atoms with Crippen LogP contribution in [0.4, 0.5) is 0 Å². The number of hydrogen-bond acceptors (Lipinski definition) is 4. The molecule has 6 nitrogen and oxygen atoms in total. The fraction of sp³-hybridized carbons (Fsp3) is 0.550. The van der Waals surface area contributed by atoms with E-state index in [0.29, 0.717) is 12.3 Å². The minimum atomic E-state index is -3.73. The fourth-order valence-corrected chi connectivity index (χ4v) is 5.87. The lowest BCUT2D eigenvalue weighted by molar-refractivity contribution is -0.117. The maximum Gasteiger partial charge on any atom is 0.243 e. The Labute approximate surface area is 161 Å². The minimum absolute atomic E-state index is 0.150. The largest absolute Gasteiger partial charge is 0.395 e. The number of amides is 1. The predicted octanol–water partition coefficient (Wildman–Crippen LogP) is 2.16. The van der Waals surface area contributed by atoms with Crippen molar-refractivity contribution in [1.29, 1.82) is 0 Å². The normalized spacial score (nSPS) is 24.6. The summed E-state index contributed by atoms with van der Waals surface area (Å²) in [5.74, 6) is 0.179. The van der Waals surface area contributed by atoms with E-state index in [9.17, 15) is 18.3 Å². The van der Waals surface area contributed by atoms with Gasteiger partial charge < -0.3 is 10.4 Å². The van der Waals surface area contributed by atoms with Crippen molar-refractivity contribution in [2.75, 3.05) is 13.2 Å². The molecule has 1 aromatic rings. The first-order chi connectivity index (χ1) is 13.0. The molecule has 1 heterocycles. The Morgan fingerprint density at radius 1 is 1.22 bits per heavy atom. The van der Waals surface area contributed by atoms with Crippen molar-refractivity contribution in [3.8, 4) is 0 Å². The molecule has 2 N–H and O–H groups in total. The zero-order valence-electron chi connectivity index (χ0n) is 15.5. The number of nitrogens with zero attached hydrogens (tertiary/aromatic N) is 1. The molecular weight excluding hydrogens is 364 g/mol. The van der Waals surface area contributed by atoms with Crippen molar-refractivity contribution in [3.05, 3.63) is 42.5 Å². The molecule has 3 rings (SSSR count). The van der Waals surface area contributed by atoms with Crippen LogP contribution in [0.1, 0.15) is 50.0 Å². The molecule has 1 aliphatic heterocycles. The van der Waals surface area contributed by atoms with E-state index in [1.54, 1.807) is 12.1 Å². The summed E-state index contributed by atoms with van der Waals surface area (Å²) in [5, 5.41) is 12.4. The Kier molecular flexibility index (Phi) is 6.34. The molecule has 1 aliphatic carbocycles. The number of carbonyl (C=O) groups is 1. The number of sulfonamides is 1. The second kappa shape index (κ2) is 8.54. The fourth-order valence-electron chi connectivity index (χ4n) is 4.19. The zero-order chi connectivity index (χ0) is 19.4. The van der Waals surface area contributed by atoms with E-state index >= 15 is 0 Å². The molecule has 148 valence electrons. The van der Waals surface area contributed by atoms with Crippen molar-refractivity contribution >= 4 is 15.9 Å². The predicted molar refractivity (Wildman–Crippen MR) is 104 cm³/mol. The van der Waals surface area contributed by atoms with Crippen molar-refractivity contribution in [2.24, 2.45) is 0 Å². The van der Waals surface area contributed by atoms with Gasteiger partial charge in [0.15, 0.2) is 0 Å². The molecule has 0 radical (unpaired) electrons. The average Bonchev–Trinajstić information content (AvgIpc) is 3.12. The maximum absolute atomic E-state index is 13.1. The van der Waals surface area contributed by atoms with E-state index in [1.165, 1.54) is 29.1 Å².